The van der Waals surface area contributed by atoms with Crippen molar-refractivity contribution >= 4 is 38.8 Å². The van der Waals surface area contributed by atoms with Crippen LogP contribution in [0.25, 0.3) is 26.0 Å². The number of carbonyl (C=O) groups excluding carboxylic acids is 1. The van der Waals surface area contributed by atoms with Crippen LogP contribution in [-0.2, 0) is 17.9 Å². The lowest BCUT2D eigenvalue weighted by Crippen LogP contribution is -2.33. The van der Waals surface area contributed by atoms with Crippen molar-refractivity contribution in [3.05, 3.63) is 70.2 Å². The van der Waals surface area contributed by atoms with Crippen molar-refractivity contribution in [3.8, 4) is 15.8 Å². The molecule has 4 aromatic heterocycles. The molecule has 5 rings (SSSR count). The molecule has 150 valence electrons. The van der Waals surface area contributed by atoms with Gasteiger partial charge in [-0.2, -0.15) is 9.36 Å². The van der Waals surface area contributed by atoms with Crippen LogP contribution in [0.3, 0.4) is 0 Å². The summed E-state index contributed by atoms with van der Waals surface area (Å²) in [6.45, 7) is -0.0345. The average Bonchev–Trinajstić information content (AvgIpc) is 3.53. The first kappa shape index (κ1) is 18.5. The largest absolute Gasteiger partial charge is 0.457 e. The molecule has 5 aromatic rings. The summed E-state index contributed by atoms with van der Waals surface area (Å²) in [6.07, 6.45) is 0. The molecule has 1 N–H and O–H groups in total. The Labute approximate surface area is 177 Å². The second-order valence-corrected chi connectivity index (χ2v) is 8.27. The lowest BCUT2D eigenvalue weighted by molar-refractivity contribution is -0.122. The van der Waals surface area contributed by atoms with E-state index in [4.69, 9.17) is 4.42 Å². The maximum atomic E-state index is 12.3. The zero-order valence-electron chi connectivity index (χ0n) is 15.4. The van der Waals surface area contributed by atoms with Gasteiger partial charge in [-0.05, 0) is 52.2 Å². The smallest absolute Gasteiger partial charge is 0.369 e. The Hall–Kier alpha value is -3.57. The number of thiophene rings is 1. The van der Waals surface area contributed by atoms with Gasteiger partial charge < -0.3 is 9.73 Å². The third-order valence-corrected chi connectivity index (χ3v) is 6.17. The van der Waals surface area contributed by atoms with E-state index in [1.54, 1.807) is 23.5 Å². The zero-order chi connectivity index (χ0) is 20.5. The van der Waals surface area contributed by atoms with Gasteiger partial charge >= 0.3 is 5.69 Å². The molecule has 0 saturated carbocycles. The van der Waals surface area contributed by atoms with E-state index in [9.17, 15) is 9.59 Å². The van der Waals surface area contributed by atoms with E-state index in [0.717, 1.165) is 24.6 Å². The Morgan fingerprint density at radius 1 is 1.10 bits per heavy atom. The molecule has 0 fully saturated rings. The molecule has 0 unspecified atom stereocenters. The molecule has 0 spiro atoms. The summed E-state index contributed by atoms with van der Waals surface area (Å²) in [4.78, 5) is 29.1. The Balaban J connectivity index is 1.23. The zero-order valence-corrected chi connectivity index (χ0v) is 17.0. The number of aromatic nitrogens is 5. The highest BCUT2D eigenvalue weighted by molar-refractivity contribution is 7.21. The average molecular weight is 438 g/mol. The van der Waals surface area contributed by atoms with Crippen molar-refractivity contribution in [1.29, 1.82) is 0 Å². The SMILES string of the molecule is O=C(Cn1nnn(-c2cccs2)c1=O)NCc1ccc(-c2nc3ccccc3s2)o1. The fourth-order valence-corrected chi connectivity index (χ4v) is 4.44. The van der Waals surface area contributed by atoms with E-state index in [0.29, 0.717) is 16.5 Å². The topological polar surface area (TPSA) is 108 Å². The van der Waals surface area contributed by atoms with Crippen LogP contribution in [-0.4, -0.2) is 30.7 Å². The third kappa shape index (κ3) is 3.55. The Bertz CT molecular complexity index is 1350. The normalized spacial score (nSPS) is 11.2. The van der Waals surface area contributed by atoms with Crippen LogP contribution in [0.2, 0.25) is 0 Å². The highest BCUT2D eigenvalue weighted by Gasteiger charge is 2.14. The van der Waals surface area contributed by atoms with Gasteiger partial charge in [0.05, 0.1) is 16.8 Å². The number of fused-ring (bicyclic) bond motifs is 1. The summed E-state index contributed by atoms with van der Waals surface area (Å²) in [5.41, 5.74) is 0.452. The third-order valence-electron chi connectivity index (χ3n) is 4.27. The molecule has 0 saturated heterocycles. The first-order valence-corrected chi connectivity index (χ1v) is 10.6. The molecule has 30 heavy (non-hydrogen) atoms. The van der Waals surface area contributed by atoms with Gasteiger partial charge in [0.1, 0.15) is 17.3 Å². The van der Waals surface area contributed by atoms with Crippen LogP contribution in [0.5, 0.6) is 0 Å². The molecule has 4 heterocycles. The van der Waals surface area contributed by atoms with Crippen LogP contribution in [0.1, 0.15) is 5.76 Å². The summed E-state index contributed by atoms with van der Waals surface area (Å²) in [5, 5.41) is 13.6. The summed E-state index contributed by atoms with van der Waals surface area (Å²) >= 11 is 2.91. The van der Waals surface area contributed by atoms with E-state index >= 15 is 0 Å². The van der Waals surface area contributed by atoms with Crippen molar-refractivity contribution in [2.45, 2.75) is 13.1 Å². The summed E-state index contributed by atoms with van der Waals surface area (Å²) in [7, 11) is 0. The predicted molar refractivity (Wildman–Crippen MR) is 113 cm³/mol. The van der Waals surface area contributed by atoms with Crippen LogP contribution in [0.4, 0.5) is 0 Å². The standard InChI is InChI=1S/C19H14N6O3S2/c26-16(11-24-19(27)25(23-22-24)17-6-3-9-29-17)20-10-12-7-8-14(28-12)18-21-13-4-1-2-5-15(13)30-18/h1-9H,10-11H2,(H,20,26). The minimum atomic E-state index is -0.469. The minimum Gasteiger partial charge on any atom is -0.457 e. The molecule has 1 aromatic carbocycles. The summed E-state index contributed by atoms with van der Waals surface area (Å²) < 4.78 is 9.07. The van der Waals surface area contributed by atoms with Crippen LogP contribution in [0.15, 0.2) is 63.1 Å². The van der Waals surface area contributed by atoms with Crippen molar-refractivity contribution in [1.82, 2.24) is 30.1 Å². The lowest BCUT2D eigenvalue weighted by atomic mass is 10.3. The molecule has 0 bridgehead atoms. The van der Waals surface area contributed by atoms with Crippen molar-refractivity contribution < 1.29 is 9.21 Å². The van der Waals surface area contributed by atoms with E-state index in [-0.39, 0.29) is 19.0 Å². The predicted octanol–water partition coefficient (Wildman–Crippen LogP) is 2.68. The van der Waals surface area contributed by atoms with Gasteiger partial charge in [-0.25, -0.2) is 9.78 Å². The van der Waals surface area contributed by atoms with Gasteiger partial charge in [0.2, 0.25) is 5.91 Å². The van der Waals surface area contributed by atoms with Crippen molar-refractivity contribution in [3.63, 3.8) is 0 Å². The number of furan rings is 1. The molecule has 11 heteroatoms. The summed E-state index contributed by atoms with van der Waals surface area (Å²) in [5.74, 6) is 0.871. The number of para-hydroxylation sites is 1. The van der Waals surface area contributed by atoms with Crippen LogP contribution in [0, 0.1) is 0 Å². The van der Waals surface area contributed by atoms with Gasteiger partial charge in [-0.1, -0.05) is 12.1 Å². The highest BCUT2D eigenvalue weighted by Crippen LogP contribution is 2.31. The van der Waals surface area contributed by atoms with Crippen LogP contribution < -0.4 is 11.0 Å². The van der Waals surface area contributed by atoms with E-state index in [1.165, 1.54) is 11.3 Å². The fourth-order valence-electron chi connectivity index (χ4n) is 2.85. The molecular formula is C19H14N6O3S2. The number of tetrazole rings is 1. The fraction of sp³-hybridized carbons (Fsp3) is 0.105. The number of carbonyl (C=O) groups is 1. The number of hydrogen-bond donors (Lipinski definition) is 1. The number of amides is 1. The Morgan fingerprint density at radius 3 is 2.83 bits per heavy atom. The highest BCUT2D eigenvalue weighted by atomic mass is 32.1. The Morgan fingerprint density at radius 2 is 2.00 bits per heavy atom. The maximum absolute atomic E-state index is 12.3. The number of rotatable bonds is 6. The van der Waals surface area contributed by atoms with E-state index < -0.39 is 5.69 Å². The van der Waals surface area contributed by atoms with Gasteiger partial charge in [0, 0.05) is 0 Å². The molecule has 1 amide bonds. The number of nitrogens with zero attached hydrogens (tertiary/aromatic N) is 5. The molecule has 0 aliphatic heterocycles. The molecule has 0 aliphatic rings. The Kier molecular flexibility index (Phi) is 4.73. The lowest BCUT2D eigenvalue weighted by Gasteiger charge is -2.02. The van der Waals surface area contributed by atoms with Crippen LogP contribution >= 0.6 is 22.7 Å². The maximum Gasteiger partial charge on any atom is 0.369 e. The van der Waals surface area contributed by atoms with Gasteiger partial charge in [0.15, 0.2) is 10.8 Å². The quantitative estimate of drug-likeness (QED) is 0.437. The van der Waals surface area contributed by atoms with Crippen molar-refractivity contribution in [2.75, 3.05) is 0 Å². The summed E-state index contributed by atoms with van der Waals surface area (Å²) in [6, 6.07) is 15.1. The molecular weight excluding hydrogens is 424 g/mol. The monoisotopic (exact) mass is 438 g/mol. The van der Waals surface area contributed by atoms with Gasteiger partial charge in [0.25, 0.3) is 0 Å². The number of nitrogens with one attached hydrogen (secondary N) is 1. The second kappa shape index (κ2) is 7.69. The van der Waals surface area contributed by atoms with Crippen molar-refractivity contribution in [2.24, 2.45) is 0 Å². The second-order valence-electron chi connectivity index (χ2n) is 6.31. The molecule has 0 aliphatic carbocycles. The number of benzene rings is 1. The first-order chi connectivity index (χ1) is 14.7. The van der Waals surface area contributed by atoms with E-state index in [1.807, 2.05) is 41.8 Å². The molecule has 9 nitrogen and oxygen atoms in total. The number of hydrogen-bond acceptors (Lipinski definition) is 8. The van der Waals surface area contributed by atoms with E-state index in [2.05, 4.69) is 20.7 Å². The molecule has 0 radical (unpaired) electrons. The first-order valence-electron chi connectivity index (χ1n) is 8.95. The van der Waals surface area contributed by atoms with Gasteiger partial charge in [-0.15, -0.1) is 22.7 Å². The number of thiazole rings is 1. The molecule has 0 atom stereocenters. The van der Waals surface area contributed by atoms with Gasteiger partial charge in [-0.3, -0.25) is 4.79 Å². The minimum absolute atomic E-state index is 0.192.